The molecule has 0 radical (unpaired) electrons. The fourth-order valence-electron chi connectivity index (χ4n) is 3.16. The second-order valence-electron chi connectivity index (χ2n) is 7.78. The number of hydrogen-bond acceptors (Lipinski definition) is 3. The quantitative estimate of drug-likeness (QED) is 0.212. The first kappa shape index (κ1) is 24.4. The summed E-state index contributed by atoms with van der Waals surface area (Å²) in [6.07, 6.45) is 17.7. The molecule has 0 saturated carbocycles. The molecule has 0 aliphatic heterocycles. The summed E-state index contributed by atoms with van der Waals surface area (Å²) in [5.74, 6) is 0.0187. The van der Waals surface area contributed by atoms with Crippen LogP contribution in [0.2, 0.25) is 0 Å². The van der Waals surface area contributed by atoms with Gasteiger partial charge >= 0.3 is 5.97 Å². The summed E-state index contributed by atoms with van der Waals surface area (Å²) in [7, 11) is 4.15. The first-order chi connectivity index (χ1) is 12.1. The van der Waals surface area contributed by atoms with E-state index in [0.717, 1.165) is 32.2 Å². The molecule has 0 aliphatic carbocycles. The molecule has 3 nitrogen and oxygen atoms in total. The van der Waals surface area contributed by atoms with E-state index in [1.165, 1.54) is 64.2 Å². The van der Waals surface area contributed by atoms with E-state index in [1.54, 1.807) is 0 Å². The molecular weight excluding hydrogens is 310 g/mol. The monoisotopic (exact) mass is 355 g/mol. The lowest BCUT2D eigenvalue weighted by atomic mass is 10.0. The van der Waals surface area contributed by atoms with Gasteiger partial charge in [0.25, 0.3) is 0 Å². The van der Waals surface area contributed by atoms with E-state index in [0.29, 0.717) is 6.42 Å². The molecule has 0 heterocycles. The van der Waals surface area contributed by atoms with Gasteiger partial charge in [-0.25, -0.2) is 0 Å². The summed E-state index contributed by atoms with van der Waals surface area (Å²) in [4.78, 5) is 14.3. The second-order valence-corrected chi connectivity index (χ2v) is 7.78. The Hall–Kier alpha value is -0.570. The van der Waals surface area contributed by atoms with Crippen molar-refractivity contribution in [1.82, 2.24) is 4.90 Å². The molecule has 0 bridgehead atoms. The Kier molecular flexibility index (Phi) is 17.8. The van der Waals surface area contributed by atoms with Crippen LogP contribution in [0.5, 0.6) is 0 Å². The zero-order chi connectivity index (χ0) is 18.8. The molecule has 0 amide bonds. The second kappa shape index (κ2) is 18.2. The van der Waals surface area contributed by atoms with Crippen molar-refractivity contribution in [3.05, 3.63) is 0 Å². The third kappa shape index (κ3) is 18.0. The lowest BCUT2D eigenvalue weighted by Gasteiger charge is -2.18. The molecule has 0 aromatic rings. The Balaban J connectivity index is 3.99. The summed E-state index contributed by atoms with van der Waals surface area (Å²) < 4.78 is 5.81. The first-order valence-electron chi connectivity index (χ1n) is 10.9. The molecule has 0 fully saturated rings. The molecule has 0 aliphatic rings. The van der Waals surface area contributed by atoms with Gasteiger partial charge in [-0.05, 0) is 59.2 Å². The van der Waals surface area contributed by atoms with Gasteiger partial charge in [0.1, 0.15) is 6.10 Å². The zero-order valence-corrected chi connectivity index (χ0v) is 17.7. The highest BCUT2D eigenvalue weighted by Gasteiger charge is 2.14. The van der Waals surface area contributed by atoms with E-state index >= 15 is 0 Å². The van der Waals surface area contributed by atoms with Crippen LogP contribution in [0.1, 0.15) is 110 Å². The minimum atomic E-state index is 0.0187. The van der Waals surface area contributed by atoms with Crippen molar-refractivity contribution < 1.29 is 9.53 Å². The minimum Gasteiger partial charge on any atom is -0.462 e. The van der Waals surface area contributed by atoms with Crippen LogP contribution in [-0.2, 0) is 9.53 Å². The highest BCUT2D eigenvalue weighted by Crippen LogP contribution is 2.17. The third-order valence-electron chi connectivity index (χ3n) is 4.79. The summed E-state index contributed by atoms with van der Waals surface area (Å²) in [5.41, 5.74) is 0. The third-order valence-corrected chi connectivity index (χ3v) is 4.79. The van der Waals surface area contributed by atoms with E-state index in [4.69, 9.17) is 4.74 Å². The highest BCUT2D eigenvalue weighted by atomic mass is 16.5. The molecule has 0 saturated heterocycles. The average molecular weight is 356 g/mol. The lowest BCUT2D eigenvalue weighted by Crippen LogP contribution is -2.19. The maximum atomic E-state index is 12.1. The van der Waals surface area contributed by atoms with Gasteiger partial charge < -0.3 is 9.64 Å². The predicted octanol–water partition coefficient (Wildman–Crippen LogP) is 6.35. The van der Waals surface area contributed by atoms with Crippen LogP contribution in [0.3, 0.4) is 0 Å². The minimum absolute atomic E-state index is 0.0187. The number of carbonyl (C=O) groups excluding carboxylic acids is 1. The number of ether oxygens (including phenoxy) is 1. The topological polar surface area (TPSA) is 29.5 Å². The molecular formula is C22H45NO2. The van der Waals surface area contributed by atoms with Gasteiger partial charge in [-0.15, -0.1) is 0 Å². The molecule has 1 atom stereocenters. The van der Waals surface area contributed by atoms with Crippen molar-refractivity contribution in [2.75, 3.05) is 20.6 Å². The molecule has 0 N–H and O–H groups in total. The van der Waals surface area contributed by atoms with Gasteiger partial charge in [0, 0.05) is 6.42 Å². The van der Waals surface area contributed by atoms with Gasteiger partial charge in [0.2, 0.25) is 0 Å². The van der Waals surface area contributed by atoms with Gasteiger partial charge in [-0.2, -0.15) is 0 Å². The standard InChI is InChI=1S/C22H45NO2/c1-5-7-9-11-12-14-18-21(17-13-10-8-6-2)25-22(24)19-15-16-20-23(3)4/h21H,5-20H2,1-4H3. The Morgan fingerprint density at radius 3 is 1.84 bits per heavy atom. The number of nitrogens with zero attached hydrogens (tertiary/aromatic N) is 1. The maximum absolute atomic E-state index is 12.1. The van der Waals surface area contributed by atoms with Gasteiger partial charge in [-0.1, -0.05) is 65.2 Å². The highest BCUT2D eigenvalue weighted by molar-refractivity contribution is 5.69. The Labute approximate surface area is 157 Å². The van der Waals surface area contributed by atoms with Crippen LogP contribution in [0, 0.1) is 0 Å². The summed E-state index contributed by atoms with van der Waals surface area (Å²) >= 11 is 0. The molecule has 3 heteroatoms. The van der Waals surface area contributed by atoms with Crippen molar-refractivity contribution >= 4 is 5.97 Å². The van der Waals surface area contributed by atoms with Crippen LogP contribution in [0.4, 0.5) is 0 Å². The number of carbonyl (C=O) groups is 1. The zero-order valence-electron chi connectivity index (χ0n) is 17.7. The maximum Gasteiger partial charge on any atom is 0.306 e. The van der Waals surface area contributed by atoms with Crippen LogP contribution in [-0.4, -0.2) is 37.6 Å². The number of esters is 1. The summed E-state index contributed by atoms with van der Waals surface area (Å²) in [6, 6.07) is 0. The molecule has 25 heavy (non-hydrogen) atoms. The Bertz CT molecular complexity index is 292. The Morgan fingerprint density at radius 1 is 0.760 bits per heavy atom. The first-order valence-corrected chi connectivity index (χ1v) is 10.9. The van der Waals surface area contributed by atoms with E-state index in [-0.39, 0.29) is 12.1 Å². The lowest BCUT2D eigenvalue weighted by molar-refractivity contribution is -0.150. The van der Waals surface area contributed by atoms with Crippen molar-refractivity contribution in [2.45, 2.75) is 116 Å². The van der Waals surface area contributed by atoms with E-state index in [2.05, 4.69) is 32.8 Å². The molecule has 150 valence electrons. The normalized spacial score (nSPS) is 12.5. The smallest absolute Gasteiger partial charge is 0.306 e. The van der Waals surface area contributed by atoms with Gasteiger partial charge in [0.15, 0.2) is 0 Å². The fraction of sp³-hybridized carbons (Fsp3) is 0.955. The van der Waals surface area contributed by atoms with Crippen LogP contribution >= 0.6 is 0 Å². The van der Waals surface area contributed by atoms with Crippen molar-refractivity contribution in [2.24, 2.45) is 0 Å². The summed E-state index contributed by atoms with van der Waals surface area (Å²) in [5, 5.41) is 0. The van der Waals surface area contributed by atoms with Crippen LogP contribution in [0.15, 0.2) is 0 Å². The summed E-state index contributed by atoms with van der Waals surface area (Å²) in [6.45, 7) is 5.54. The van der Waals surface area contributed by atoms with Crippen molar-refractivity contribution in [1.29, 1.82) is 0 Å². The number of rotatable bonds is 18. The van der Waals surface area contributed by atoms with E-state index in [1.807, 2.05) is 0 Å². The SMILES string of the molecule is CCCCCCCCC(CCCCCC)OC(=O)CCCCN(C)C. The largest absolute Gasteiger partial charge is 0.462 e. The average Bonchev–Trinajstić information content (AvgIpc) is 2.58. The predicted molar refractivity (Wildman–Crippen MR) is 109 cm³/mol. The van der Waals surface area contributed by atoms with Crippen LogP contribution < -0.4 is 0 Å². The molecule has 1 unspecified atom stereocenters. The fourth-order valence-corrected chi connectivity index (χ4v) is 3.16. The van der Waals surface area contributed by atoms with Gasteiger partial charge in [-0.3, -0.25) is 4.79 Å². The van der Waals surface area contributed by atoms with E-state index < -0.39 is 0 Å². The molecule has 0 aromatic carbocycles. The molecule has 0 spiro atoms. The Morgan fingerprint density at radius 2 is 1.28 bits per heavy atom. The van der Waals surface area contributed by atoms with Gasteiger partial charge in [0.05, 0.1) is 0 Å². The van der Waals surface area contributed by atoms with Crippen LogP contribution in [0.25, 0.3) is 0 Å². The van der Waals surface area contributed by atoms with Crippen molar-refractivity contribution in [3.8, 4) is 0 Å². The molecule has 0 rings (SSSR count). The van der Waals surface area contributed by atoms with E-state index in [9.17, 15) is 4.79 Å². The number of unbranched alkanes of at least 4 members (excludes halogenated alkanes) is 9. The number of hydrogen-bond donors (Lipinski definition) is 0. The molecule has 0 aromatic heterocycles. The van der Waals surface area contributed by atoms with Crippen molar-refractivity contribution in [3.63, 3.8) is 0 Å².